The number of hydrogen-bond acceptors (Lipinski definition) is 6. The maximum absolute atomic E-state index is 4.73. The highest BCUT2D eigenvalue weighted by atomic mass is 32.1. The first-order valence-corrected chi connectivity index (χ1v) is 8.21. The van der Waals surface area contributed by atoms with Gasteiger partial charge in [0.15, 0.2) is 0 Å². The number of aromatic nitrogens is 6. The summed E-state index contributed by atoms with van der Waals surface area (Å²) in [6.45, 7) is 1.91. The van der Waals surface area contributed by atoms with Crippen molar-refractivity contribution in [3.05, 3.63) is 35.5 Å². The molecular formula is C14H17N7S. The van der Waals surface area contributed by atoms with Gasteiger partial charge in [0.05, 0.1) is 11.7 Å². The number of nitrogens with one attached hydrogen (secondary N) is 1. The molecule has 0 spiro atoms. The molecule has 1 atom stereocenters. The number of nitrogens with zero attached hydrogens (tertiary/aromatic N) is 6. The molecule has 1 saturated heterocycles. The summed E-state index contributed by atoms with van der Waals surface area (Å²) < 4.78 is 1.80. The van der Waals surface area contributed by atoms with E-state index in [2.05, 4.69) is 30.6 Å². The third-order valence-electron chi connectivity index (χ3n) is 3.96. The SMILES string of the molecule is Cn1ccc(-c2nc(CN3CCC[C@H]3c3ncn[nH]3)cs2)n1. The van der Waals surface area contributed by atoms with Gasteiger partial charge in [-0.25, -0.2) is 9.97 Å². The highest BCUT2D eigenvalue weighted by molar-refractivity contribution is 7.13. The number of aromatic amines is 1. The van der Waals surface area contributed by atoms with E-state index < -0.39 is 0 Å². The molecule has 3 aromatic heterocycles. The Balaban J connectivity index is 1.50. The smallest absolute Gasteiger partial charge is 0.144 e. The van der Waals surface area contributed by atoms with Gasteiger partial charge in [-0.3, -0.25) is 14.7 Å². The first-order valence-electron chi connectivity index (χ1n) is 7.33. The van der Waals surface area contributed by atoms with Crippen LogP contribution in [0.1, 0.15) is 30.4 Å². The molecule has 3 aromatic rings. The second kappa shape index (κ2) is 5.62. The molecule has 0 aliphatic carbocycles. The normalized spacial score (nSPS) is 19.0. The lowest BCUT2D eigenvalue weighted by atomic mass is 10.2. The summed E-state index contributed by atoms with van der Waals surface area (Å²) in [5.41, 5.74) is 2.03. The molecule has 4 rings (SSSR count). The molecule has 1 aliphatic heterocycles. The van der Waals surface area contributed by atoms with E-state index in [9.17, 15) is 0 Å². The summed E-state index contributed by atoms with van der Waals surface area (Å²) in [5.74, 6) is 0.956. The van der Waals surface area contributed by atoms with Crippen LogP contribution in [0.2, 0.25) is 0 Å². The Morgan fingerprint density at radius 3 is 3.18 bits per heavy atom. The summed E-state index contributed by atoms with van der Waals surface area (Å²) in [4.78, 5) is 11.4. The molecule has 0 unspecified atom stereocenters. The lowest BCUT2D eigenvalue weighted by Gasteiger charge is -2.21. The van der Waals surface area contributed by atoms with E-state index in [1.807, 2.05) is 19.3 Å². The molecule has 0 radical (unpaired) electrons. The number of thiazole rings is 1. The van der Waals surface area contributed by atoms with Crippen LogP contribution < -0.4 is 0 Å². The van der Waals surface area contributed by atoms with Crippen LogP contribution in [0.3, 0.4) is 0 Å². The van der Waals surface area contributed by atoms with Crippen molar-refractivity contribution in [2.45, 2.75) is 25.4 Å². The minimum absolute atomic E-state index is 0.322. The topological polar surface area (TPSA) is 75.5 Å². The van der Waals surface area contributed by atoms with Crippen LogP contribution in [0.15, 0.2) is 24.0 Å². The molecule has 1 aliphatic rings. The van der Waals surface area contributed by atoms with Gasteiger partial charge in [-0.15, -0.1) is 11.3 Å². The monoisotopic (exact) mass is 315 g/mol. The van der Waals surface area contributed by atoms with Gasteiger partial charge in [-0.05, 0) is 25.5 Å². The molecule has 1 N–H and O–H groups in total. The molecule has 0 aromatic carbocycles. The fraction of sp³-hybridized carbons (Fsp3) is 0.429. The van der Waals surface area contributed by atoms with Crippen molar-refractivity contribution < 1.29 is 0 Å². The molecule has 22 heavy (non-hydrogen) atoms. The van der Waals surface area contributed by atoms with Crippen LogP contribution >= 0.6 is 11.3 Å². The Bertz CT molecular complexity index is 745. The van der Waals surface area contributed by atoms with Crippen LogP contribution in [0.4, 0.5) is 0 Å². The van der Waals surface area contributed by atoms with Crippen molar-refractivity contribution >= 4 is 11.3 Å². The lowest BCUT2D eigenvalue weighted by Crippen LogP contribution is -2.23. The van der Waals surface area contributed by atoms with E-state index in [4.69, 9.17) is 4.98 Å². The van der Waals surface area contributed by atoms with E-state index in [-0.39, 0.29) is 0 Å². The van der Waals surface area contributed by atoms with Crippen molar-refractivity contribution in [1.29, 1.82) is 0 Å². The Labute approximate surface area is 132 Å². The standard InChI is InChI=1S/C14H17N7S/c1-20-6-4-11(19-20)14-17-10(8-22-14)7-21-5-2-3-12(21)13-15-9-16-18-13/h4,6,8-9,12H,2-3,5,7H2,1H3,(H,15,16,18)/t12-/m0/s1. The summed E-state index contributed by atoms with van der Waals surface area (Å²) in [6, 6.07) is 2.32. The van der Waals surface area contributed by atoms with Gasteiger partial charge in [-0.2, -0.15) is 10.2 Å². The highest BCUT2D eigenvalue weighted by Crippen LogP contribution is 2.31. The van der Waals surface area contributed by atoms with Gasteiger partial charge in [0, 0.05) is 25.2 Å². The van der Waals surface area contributed by atoms with Crippen molar-refractivity contribution in [2.75, 3.05) is 6.54 Å². The van der Waals surface area contributed by atoms with E-state index in [1.165, 1.54) is 6.42 Å². The number of likely N-dealkylation sites (tertiary alicyclic amines) is 1. The largest absolute Gasteiger partial charge is 0.287 e. The van der Waals surface area contributed by atoms with Crippen LogP contribution in [0, 0.1) is 0 Å². The third-order valence-corrected chi connectivity index (χ3v) is 4.88. The van der Waals surface area contributed by atoms with Crippen molar-refractivity contribution in [2.24, 2.45) is 7.05 Å². The molecule has 7 nitrogen and oxygen atoms in total. The van der Waals surface area contributed by atoms with Crippen molar-refractivity contribution in [3.63, 3.8) is 0 Å². The molecule has 114 valence electrons. The van der Waals surface area contributed by atoms with Crippen molar-refractivity contribution in [3.8, 4) is 10.7 Å². The zero-order chi connectivity index (χ0) is 14.9. The predicted molar refractivity (Wildman–Crippen MR) is 83.1 cm³/mol. The number of rotatable bonds is 4. The summed E-state index contributed by atoms with van der Waals surface area (Å²) in [7, 11) is 1.92. The zero-order valence-corrected chi connectivity index (χ0v) is 13.1. The molecule has 0 amide bonds. The third kappa shape index (κ3) is 2.55. The van der Waals surface area contributed by atoms with Crippen molar-refractivity contribution in [1.82, 2.24) is 34.8 Å². The van der Waals surface area contributed by atoms with E-state index in [0.29, 0.717) is 6.04 Å². The Kier molecular flexibility index (Phi) is 3.47. The molecule has 4 heterocycles. The van der Waals surface area contributed by atoms with E-state index in [1.54, 1.807) is 22.3 Å². The second-order valence-corrected chi connectivity index (χ2v) is 6.38. The van der Waals surface area contributed by atoms with Gasteiger partial charge in [-0.1, -0.05) is 0 Å². The number of hydrogen-bond donors (Lipinski definition) is 1. The Morgan fingerprint density at radius 2 is 2.41 bits per heavy atom. The first kappa shape index (κ1) is 13.6. The second-order valence-electron chi connectivity index (χ2n) is 5.52. The van der Waals surface area contributed by atoms with E-state index in [0.717, 1.165) is 41.7 Å². The summed E-state index contributed by atoms with van der Waals surface area (Å²) >= 11 is 1.65. The predicted octanol–water partition coefficient (Wildman–Crippen LogP) is 2.00. The Morgan fingerprint density at radius 1 is 1.45 bits per heavy atom. The lowest BCUT2D eigenvalue weighted by molar-refractivity contribution is 0.238. The van der Waals surface area contributed by atoms with Gasteiger partial charge >= 0.3 is 0 Å². The first-order chi connectivity index (χ1) is 10.8. The van der Waals surface area contributed by atoms with Crippen LogP contribution in [0.5, 0.6) is 0 Å². The minimum Gasteiger partial charge on any atom is -0.287 e. The maximum atomic E-state index is 4.73. The summed E-state index contributed by atoms with van der Waals surface area (Å²) in [5, 5.41) is 14.5. The fourth-order valence-electron chi connectivity index (χ4n) is 2.93. The summed E-state index contributed by atoms with van der Waals surface area (Å²) in [6.07, 6.45) is 5.82. The van der Waals surface area contributed by atoms with Gasteiger partial charge in [0.25, 0.3) is 0 Å². The molecular weight excluding hydrogens is 298 g/mol. The zero-order valence-electron chi connectivity index (χ0n) is 12.3. The molecule has 1 fully saturated rings. The molecule has 0 bridgehead atoms. The van der Waals surface area contributed by atoms with Crippen LogP contribution in [-0.2, 0) is 13.6 Å². The average molecular weight is 315 g/mol. The van der Waals surface area contributed by atoms with Crippen LogP contribution in [-0.4, -0.2) is 41.4 Å². The molecule has 8 heteroatoms. The number of H-pyrrole nitrogens is 1. The van der Waals surface area contributed by atoms with E-state index >= 15 is 0 Å². The van der Waals surface area contributed by atoms with Crippen LogP contribution in [0.25, 0.3) is 10.7 Å². The number of aryl methyl sites for hydroxylation is 1. The highest BCUT2D eigenvalue weighted by Gasteiger charge is 2.28. The van der Waals surface area contributed by atoms with Gasteiger partial charge in [0.2, 0.25) is 0 Å². The van der Waals surface area contributed by atoms with Gasteiger partial charge < -0.3 is 0 Å². The fourth-order valence-corrected chi connectivity index (χ4v) is 3.71. The average Bonchev–Trinajstić information content (AvgIpc) is 3.25. The minimum atomic E-state index is 0.322. The quantitative estimate of drug-likeness (QED) is 0.797. The Hall–Kier alpha value is -2.06. The maximum Gasteiger partial charge on any atom is 0.144 e. The molecule has 0 saturated carbocycles. The van der Waals surface area contributed by atoms with Gasteiger partial charge in [0.1, 0.15) is 22.9 Å².